The van der Waals surface area contributed by atoms with Crippen molar-refractivity contribution in [1.29, 1.82) is 0 Å². The maximum atomic E-state index is 5.52. The molecule has 0 amide bonds. The first-order valence-corrected chi connectivity index (χ1v) is 19.2. The van der Waals surface area contributed by atoms with Crippen LogP contribution in [-0.4, -0.2) is 4.98 Å². The summed E-state index contributed by atoms with van der Waals surface area (Å²) in [5.74, 6) is 0. The fraction of sp³-hybridized carbons (Fsp3) is 0.125. The van der Waals surface area contributed by atoms with Crippen molar-refractivity contribution in [2.45, 2.75) is 83.8 Å². The third-order valence-electron chi connectivity index (χ3n) is 7.20. The Hall–Kier alpha value is -3.00. The van der Waals surface area contributed by atoms with E-state index in [1.165, 1.54) is 67.0 Å². The van der Waals surface area contributed by atoms with Gasteiger partial charge in [0, 0.05) is 29.4 Å². The summed E-state index contributed by atoms with van der Waals surface area (Å²) in [6.45, 7) is 10.7. The first kappa shape index (κ1) is 32.9. The predicted octanol–water partition coefficient (Wildman–Crippen LogP) is 13.4. The Morgan fingerprint density at radius 3 is 0.761 bits per heavy atom. The molecule has 1 nitrogen and oxygen atoms in total. The van der Waals surface area contributed by atoms with Crippen LogP contribution < -0.4 is 0 Å². The maximum absolute atomic E-state index is 5.52. The van der Waals surface area contributed by atoms with Gasteiger partial charge in [0.05, 0.1) is 9.79 Å². The van der Waals surface area contributed by atoms with Crippen LogP contribution in [0.2, 0.25) is 0 Å². The third kappa shape index (κ3) is 8.67. The van der Waals surface area contributed by atoms with Crippen LogP contribution in [0.15, 0.2) is 171 Å². The SMILES string of the molecule is Cc1ccc(Sc2nc(Sc3ccc(C)cc3)c(Sc3ccc(C)cc3)c(Sc3ccc(C)cc3)c2Sc2ccc(C)cc2)cc1. The first-order chi connectivity index (χ1) is 22.3. The van der Waals surface area contributed by atoms with Gasteiger partial charge in [0.2, 0.25) is 0 Å². The number of hydrogen-bond acceptors (Lipinski definition) is 6. The fourth-order valence-electron chi connectivity index (χ4n) is 4.51. The zero-order valence-electron chi connectivity index (χ0n) is 26.5. The molecule has 1 aromatic heterocycles. The summed E-state index contributed by atoms with van der Waals surface area (Å²) in [7, 11) is 0. The minimum absolute atomic E-state index is 1.02. The summed E-state index contributed by atoms with van der Waals surface area (Å²) in [6, 6.07) is 44.1. The van der Waals surface area contributed by atoms with Crippen LogP contribution in [0.3, 0.4) is 0 Å². The van der Waals surface area contributed by atoms with Crippen molar-refractivity contribution < 1.29 is 0 Å². The van der Waals surface area contributed by atoms with E-state index in [1.807, 2.05) is 35.3 Å². The van der Waals surface area contributed by atoms with E-state index < -0.39 is 0 Å². The molecule has 6 rings (SSSR count). The van der Waals surface area contributed by atoms with Gasteiger partial charge in [0.1, 0.15) is 10.1 Å². The minimum Gasteiger partial charge on any atom is -0.232 e. The number of nitrogens with zero attached hydrogens (tertiary/aromatic N) is 1. The highest BCUT2D eigenvalue weighted by atomic mass is 32.2. The lowest BCUT2D eigenvalue weighted by atomic mass is 10.2. The molecule has 0 saturated heterocycles. The summed E-state index contributed by atoms with van der Waals surface area (Å²) >= 11 is 8.96. The van der Waals surface area contributed by atoms with Gasteiger partial charge in [-0.3, -0.25) is 0 Å². The predicted molar refractivity (Wildman–Crippen MR) is 201 cm³/mol. The van der Waals surface area contributed by atoms with Gasteiger partial charge in [-0.05, 0) is 95.3 Å². The van der Waals surface area contributed by atoms with E-state index in [1.54, 1.807) is 23.5 Å². The minimum atomic E-state index is 1.02. The van der Waals surface area contributed by atoms with Crippen molar-refractivity contribution in [3.8, 4) is 0 Å². The maximum Gasteiger partial charge on any atom is 0.117 e. The molecule has 0 aliphatic carbocycles. The number of rotatable bonds is 10. The molecule has 0 unspecified atom stereocenters. The Labute approximate surface area is 294 Å². The van der Waals surface area contributed by atoms with Gasteiger partial charge in [0.15, 0.2) is 0 Å². The average Bonchev–Trinajstić information content (AvgIpc) is 3.05. The highest BCUT2D eigenvalue weighted by molar-refractivity contribution is 8.05. The van der Waals surface area contributed by atoms with E-state index in [0.29, 0.717) is 0 Å². The quantitative estimate of drug-likeness (QED) is 0.141. The molecule has 0 aliphatic rings. The van der Waals surface area contributed by atoms with Gasteiger partial charge in [-0.2, -0.15) is 0 Å². The molecular formula is C40H35NS5. The summed E-state index contributed by atoms with van der Waals surface area (Å²) in [4.78, 5) is 15.1. The van der Waals surface area contributed by atoms with Crippen LogP contribution in [-0.2, 0) is 0 Å². The molecule has 0 atom stereocenters. The van der Waals surface area contributed by atoms with Crippen LogP contribution >= 0.6 is 58.8 Å². The van der Waals surface area contributed by atoms with E-state index in [2.05, 4.69) is 156 Å². The van der Waals surface area contributed by atoms with Gasteiger partial charge in [-0.15, -0.1) is 0 Å². The Balaban J connectivity index is 1.59. The summed E-state index contributed by atoms with van der Waals surface area (Å²) < 4.78 is 0. The molecule has 0 radical (unpaired) electrons. The summed E-state index contributed by atoms with van der Waals surface area (Å²) in [5.41, 5.74) is 6.27. The lowest BCUT2D eigenvalue weighted by molar-refractivity contribution is 0.813. The monoisotopic (exact) mass is 689 g/mol. The largest absolute Gasteiger partial charge is 0.232 e. The number of aryl methyl sites for hydroxylation is 5. The van der Waals surface area contributed by atoms with Crippen molar-refractivity contribution in [3.63, 3.8) is 0 Å². The van der Waals surface area contributed by atoms with Crippen LogP contribution in [0.5, 0.6) is 0 Å². The molecule has 0 saturated carbocycles. The second-order valence-electron chi connectivity index (χ2n) is 11.3. The van der Waals surface area contributed by atoms with Crippen molar-refractivity contribution in [3.05, 3.63) is 149 Å². The number of aromatic nitrogens is 1. The molecule has 0 N–H and O–H groups in total. The van der Waals surface area contributed by atoms with Crippen molar-refractivity contribution in [1.82, 2.24) is 4.98 Å². The molecule has 0 bridgehead atoms. The standard InChI is InChI=1S/C40H35NS5/c1-26-6-16-31(17-7-26)42-36-37(43-32-18-8-27(2)9-19-32)39(45-34-22-12-29(4)13-23-34)41-40(46-35-24-14-30(5)15-25-35)38(36)44-33-20-10-28(3)11-21-33/h6-25H,1-5H3. The topological polar surface area (TPSA) is 12.9 Å². The molecule has 0 aliphatic heterocycles. The van der Waals surface area contributed by atoms with E-state index in [9.17, 15) is 0 Å². The van der Waals surface area contributed by atoms with Crippen molar-refractivity contribution in [2.75, 3.05) is 0 Å². The molecular weight excluding hydrogens is 655 g/mol. The number of benzene rings is 5. The Morgan fingerprint density at radius 1 is 0.283 bits per heavy atom. The number of pyridine rings is 1. The molecule has 46 heavy (non-hydrogen) atoms. The van der Waals surface area contributed by atoms with Crippen LogP contribution in [0, 0.1) is 34.6 Å². The third-order valence-corrected chi connectivity index (χ3v) is 13.0. The van der Waals surface area contributed by atoms with Gasteiger partial charge >= 0.3 is 0 Å². The molecule has 5 aromatic carbocycles. The second kappa shape index (κ2) is 15.3. The Kier molecular flexibility index (Phi) is 10.9. The average molecular weight is 690 g/mol. The normalized spacial score (nSPS) is 11.2. The van der Waals surface area contributed by atoms with Gasteiger partial charge in [0.25, 0.3) is 0 Å². The molecule has 0 spiro atoms. The lowest BCUT2D eigenvalue weighted by Gasteiger charge is -2.21. The molecule has 0 fully saturated rings. The van der Waals surface area contributed by atoms with Gasteiger partial charge in [-0.25, -0.2) is 4.98 Å². The first-order valence-electron chi connectivity index (χ1n) is 15.1. The van der Waals surface area contributed by atoms with E-state index in [-0.39, 0.29) is 0 Å². The Bertz CT molecular complexity index is 1800. The van der Waals surface area contributed by atoms with Gasteiger partial charge in [-0.1, -0.05) is 147 Å². The van der Waals surface area contributed by atoms with E-state index in [4.69, 9.17) is 4.98 Å². The zero-order valence-corrected chi connectivity index (χ0v) is 30.6. The fourth-order valence-corrected chi connectivity index (χ4v) is 9.97. The summed E-state index contributed by atoms with van der Waals surface area (Å²) in [5, 5.41) is 2.04. The zero-order chi connectivity index (χ0) is 32.0. The smallest absolute Gasteiger partial charge is 0.117 e. The highest BCUT2D eigenvalue weighted by Crippen LogP contribution is 2.53. The Morgan fingerprint density at radius 2 is 0.500 bits per heavy atom. The molecule has 6 aromatic rings. The van der Waals surface area contributed by atoms with Crippen LogP contribution in [0.25, 0.3) is 0 Å². The van der Waals surface area contributed by atoms with E-state index >= 15 is 0 Å². The molecule has 230 valence electrons. The number of hydrogen-bond donors (Lipinski definition) is 0. The lowest BCUT2D eigenvalue weighted by Crippen LogP contribution is -1.97. The van der Waals surface area contributed by atoms with Crippen molar-refractivity contribution >= 4 is 58.8 Å². The molecule has 6 heteroatoms. The van der Waals surface area contributed by atoms with Gasteiger partial charge < -0.3 is 0 Å². The van der Waals surface area contributed by atoms with E-state index in [0.717, 1.165) is 10.1 Å². The highest BCUT2D eigenvalue weighted by Gasteiger charge is 2.24. The van der Waals surface area contributed by atoms with Crippen LogP contribution in [0.1, 0.15) is 27.8 Å². The van der Waals surface area contributed by atoms with Crippen LogP contribution in [0.4, 0.5) is 0 Å². The molecule has 1 heterocycles. The second-order valence-corrected chi connectivity index (χ2v) is 16.7. The summed E-state index contributed by atoms with van der Waals surface area (Å²) in [6.07, 6.45) is 0. The van der Waals surface area contributed by atoms with Crippen molar-refractivity contribution in [2.24, 2.45) is 0 Å².